The molecule has 7 nitrogen and oxygen atoms in total. The lowest BCUT2D eigenvalue weighted by Gasteiger charge is -2.08. The van der Waals surface area contributed by atoms with E-state index in [1.807, 2.05) is 48.5 Å². The number of amides is 1. The first-order valence-electron chi connectivity index (χ1n) is 9.80. The number of carbonyl (C=O) groups is 1. The van der Waals surface area contributed by atoms with E-state index in [4.69, 9.17) is 15.0 Å². The second-order valence-corrected chi connectivity index (χ2v) is 7.05. The van der Waals surface area contributed by atoms with Crippen LogP contribution >= 0.6 is 0 Å². The Hall–Kier alpha value is -4.13. The summed E-state index contributed by atoms with van der Waals surface area (Å²) in [6.45, 7) is 0. The van der Waals surface area contributed by atoms with Crippen LogP contribution in [0.4, 0.5) is 11.4 Å². The molecule has 0 spiro atoms. The summed E-state index contributed by atoms with van der Waals surface area (Å²) in [5.74, 6) is 1.70. The van der Waals surface area contributed by atoms with Crippen LogP contribution in [0.5, 0.6) is 5.75 Å². The van der Waals surface area contributed by atoms with Gasteiger partial charge in [-0.15, -0.1) is 0 Å². The van der Waals surface area contributed by atoms with Gasteiger partial charge in [-0.05, 0) is 47.5 Å². The number of rotatable bonds is 7. The Balaban J connectivity index is 1.38. The molecular weight excluding hydrogens is 392 g/mol. The van der Waals surface area contributed by atoms with Gasteiger partial charge in [0.15, 0.2) is 5.82 Å². The molecule has 0 unspecified atom stereocenters. The number of hydrogen-bond donors (Lipinski definition) is 2. The largest absolute Gasteiger partial charge is 0.497 e. The third-order valence-corrected chi connectivity index (χ3v) is 4.79. The van der Waals surface area contributed by atoms with Crippen molar-refractivity contribution in [3.63, 3.8) is 0 Å². The Morgan fingerprint density at radius 3 is 2.58 bits per heavy atom. The molecule has 1 aromatic heterocycles. The molecule has 1 heterocycles. The number of carbonyl (C=O) groups excluding carboxylic acids is 1. The fraction of sp³-hybridized carbons (Fsp3) is 0.125. The maximum atomic E-state index is 12.4. The Kier molecular flexibility index (Phi) is 5.93. The molecule has 4 rings (SSSR count). The van der Waals surface area contributed by atoms with E-state index in [9.17, 15) is 4.79 Å². The van der Waals surface area contributed by atoms with E-state index in [1.54, 1.807) is 31.4 Å². The Morgan fingerprint density at radius 2 is 1.81 bits per heavy atom. The lowest BCUT2D eigenvalue weighted by molar-refractivity contribution is 0.102. The van der Waals surface area contributed by atoms with E-state index in [-0.39, 0.29) is 5.91 Å². The van der Waals surface area contributed by atoms with Crippen molar-refractivity contribution >= 4 is 17.3 Å². The number of ether oxygens (including phenoxy) is 1. The van der Waals surface area contributed by atoms with Crippen molar-refractivity contribution in [2.45, 2.75) is 12.8 Å². The molecule has 0 saturated carbocycles. The number of anilines is 2. The number of hydrogen-bond acceptors (Lipinski definition) is 6. The molecule has 31 heavy (non-hydrogen) atoms. The normalized spacial score (nSPS) is 10.6. The first-order valence-corrected chi connectivity index (χ1v) is 9.80. The minimum atomic E-state index is -0.218. The number of aromatic nitrogens is 2. The molecule has 0 atom stereocenters. The molecule has 4 aromatic rings. The van der Waals surface area contributed by atoms with Gasteiger partial charge in [0.25, 0.3) is 5.91 Å². The van der Waals surface area contributed by atoms with Gasteiger partial charge in [0.1, 0.15) is 5.75 Å². The van der Waals surface area contributed by atoms with E-state index >= 15 is 0 Å². The quantitative estimate of drug-likeness (QED) is 0.442. The molecule has 3 N–H and O–H groups in total. The van der Waals surface area contributed by atoms with Crippen LogP contribution in [0.1, 0.15) is 33.2 Å². The Labute approximate surface area is 179 Å². The molecule has 3 aromatic carbocycles. The van der Waals surface area contributed by atoms with Crippen LogP contribution in [0.15, 0.2) is 77.3 Å². The van der Waals surface area contributed by atoms with Gasteiger partial charge in [0.2, 0.25) is 5.89 Å². The minimum absolute atomic E-state index is 0.218. The van der Waals surface area contributed by atoms with Gasteiger partial charge in [0.05, 0.1) is 24.9 Å². The van der Waals surface area contributed by atoms with Crippen LogP contribution in [0.2, 0.25) is 0 Å². The number of para-hydroxylation sites is 2. The van der Waals surface area contributed by atoms with Crippen molar-refractivity contribution in [1.82, 2.24) is 10.1 Å². The van der Waals surface area contributed by atoms with Crippen molar-refractivity contribution in [2.75, 3.05) is 18.2 Å². The predicted octanol–water partition coefficient (Wildman–Crippen LogP) is 4.09. The fourth-order valence-corrected chi connectivity index (χ4v) is 3.15. The highest BCUT2D eigenvalue weighted by atomic mass is 16.5. The molecule has 0 bridgehead atoms. The number of benzene rings is 3. The summed E-state index contributed by atoms with van der Waals surface area (Å²) in [6, 6.07) is 22.2. The maximum absolute atomic E-state index is 12.4. The summed E-state index contributed by atoms with van der Waals surface area (Å²) in [6.07, 6.45) is 1.04. The lowest BCUT2D eigenvalue weighted by atomic mass is 10.1. The highest BCUT2D eigenvalue weighted by Crippen LogP contribution is 2.19. The van der Waals surface area contributed by atoms with Crippen molar-refractivity contribution in [2.24, 2.45) is 0 Å². The average Bonchev–Trinajstić information content (AvgIpc) is 3.22. The predicted molar refractivity (Wildman–Crippen MR) is 118 cm³/mol. The van der Waals surface area contributed by atoms with Gasteiger partial charge in [0, 0.05) is 12.0 Å². The monoisotopic (exact) mass is 414 g/mol. The zero-order chi connectivity index (χ0) is 21.6. The fourth-order valence-electron chi connectivity index (χ4n) is 3.15. The molecular formula is C24H22N4O3. The Morgan fingerprint density at radius 1 is 1.00 bits per heavy atom. The molecule has 7 heteroatoms. The van der Waals surface area contributed by atoms with Gasteiger partial charge >= 0.3 is 0 Å². The molecule has 0 saturated heterocycles. The van der Waals surface area contributed by atoms with E-state index in [2.05, 4.69) is 15.5 Å². The standard InChI is InChI=1S/C24H22N4O3/c1-30-19-6-4-5-17(13-19)15-23-27-22(28-31-23)14-16-9-11-18(12-10-16)24(29)26-21-8-3-2-7-20(21)25/h2-13H,14-15,25H2,1H3,(H,26,29). The van der Waals surface area contributed by atoms with Crippen LogP contribution in [-0.4, -0.2) is 23.2 Å². The molecule has 0 radical (unpaired) electrons. The van der Waals surface area contributed by atoms with Gasteiger partial charge in [-0.1, -0.05) is 41.6 Å². The van der Waals surface area contributed by atoms with Crippen molar-refractivity contribution in [1.29, 1.82) is 0 Å². The van der Waals surface area contributed by atoms with E-state index in [1.165, 1.54) is 0 Å². The van der Waals surface area contributed by atoms with Crippen molar-refractivity contribution in [3.8, 4) is 5.75 Å². The smallest absolute Gasteiger partial charge is 0.255 e. The SMILES string of the molecule is COc1cccc(Cc2nc(Cc3ccc(C(=O)Nc4ccccc4N)cc3)no2)c1. The molecule has 0 aliphatic heterocycles. The van der Waals surface area contributed by atoms with E-state index in [0.29, 0.717) is 41.5 Å². The number of methoxy groups -OCH3 is 1. The first kappa shape index (κ1) is 20.2. The van der Waals surface area contributed by atoms with E-state index in [0.717, 1.165) is 16.9 Å². The maximum Gasteiger partial charge on any atom is 0.255 e. The molecule has 0 aliphatic rings. The number of nitrogens with one attached hydrogen (secondary N) is 1. The molecule has 156 valence electrons. The third-order valence-electron chi connectivity index (χ3n) is 4.79. The first-order chi connectivity index (χ1) is 15.1. The van der Waals surface area contributed by atoms with Crippen LogP contribution < -0.4 is 15.8 Å². The Bertz CT molecular complexity index is 1190. The van der Waals surface area contributed by atoms with Gasteiger partial charge in [-0.3, -0.25) is 4.79 Å². The third kappa shape index (κ3) is 5.08. The van der Waals surface area contributed by atoms with E-state index < -0.39 is 0 Å². The second-order valence-electron chi connectivity index (χ2n) is 7.05. The summed E-state index contributed by atoms with van der Waals surface area (Å²) >= 11 is 0. The summed E-state index contributed by atoms with van der Waals surface area (Å²) in [5.41, 5.74) is 9.54. The second kappa shape index (κ2) is 9.13. The zero-order valence-corrected chi connectivity index (χ0v) is 17.0. The van der Waals surface area contributed by atoms with Crippen molar-refractivity contribution < 1.29 is 14.1 Å². The summed E-state index contributed by atoms with van der Waals surface area (Å²) in [7, 11) is 1.63. The van der Waals surface area contributed by atoms with Gasteiger partial charge in [-0.25, -0.2) is 0 Å². The highest BCUT2D eigenvalue weighted by Gasteiger charge is 2.11. The zero-order valence-electron chi connectivity index (χ0n) is 17.0. The van der Waals surface area contributed by atoms with Crippen LogP contribution in [0, 0.1) is 0 Å². The highest BCUT2D eigenvalue weighted by molar-refractivity contribution is 6.05. The summed E-state index contributed by atoms with van der Waals surface area (Å²) in [5, 5.41) is 6.88. The van der Waals surface area contributed by atoms with Crippen LogP contribution in [-0.2, 0) is 12.8 Å². The summed E-state index contributed by atoms with van der Waals surface area (Å²) in [4.78, 5) is 16.9. The number of nitrogens with zero attached hydrogens (tertiary/aromatic N) is 2. The number of nitrogens with two attached hydrogens (primary N) is 1. The molecule has 0 fully saturated rings. The van der Waals surface area contributed by atoms with Crippen LogP contribution in [0.25, 0.3) is 0 Å². The minimum Gasteiger partial charge on any atom is -0.497 e. The van der Waals surface area contributed by atoms with Crippen molar-refractivity contribution in [3.05, 3.63) is 101 Å². The topological polar surface area (TPSA) is 103 Å². The number of nitrogen functional groups attached to an aromatic ring is 1. The van der Waals surface area contributed by atoms with Crippen LogP contribution in [0.3, 0.4) is 0 Å². The average molecular weight is 414 g/mol. The lowest BCUT2D eigenvalue weighted by Crippen LogP contribution is -2.13. The molecule has 1 amide bonds. The summed E-state index contributed by atoms with van der Waals surface area (Å²) < 4.78 is 10.6. The molecule has 0 aliphatic carbocycles. The van der Waals surface area contributed by atoms with Gasteiger partial charge in [-0.2, -0.15) is 4.98 Å². The van der Waals surface area contributed by atoms with Gasteiger partial charge < -0.3 is 20.3 Å².